The van der Waals surface area contributed by atoms with Crippen LogP contribution in [0.2, 0.25) is 0 Å². The maximum atomic E-state index is 12.9. The summed E-state index contributed by atoms with van der Waals surface area (Å²) >= 11 is 1.42. The molecule has 2 aromatic heterocycles. The highest BCUT2D eigenvalue weighted by atomic mass is 32.1. The van der Waals surface area contributed by atoms with Gasteiger partial charge in [0.05, 0.1) is 16.7 Å². The molecule has 0 saturated heterocycles. The standard InChI is InChI=1S/C21H18FN3O3S/c1-14-23-18-4-2-3-5-19(18)25(14)10-21(26)28-11-16-13-29-20(24-16)12-27-17-8-6-15(22)7-9-17/h2-9,13H,10-12H2,1H3. The number of esters is 1. The van der Waals surface area contributed by atoms with Gasteiger partial charge in [-0.25, -0.2) is 14.4 Å². The van der Waals surface area contributed by atoms with E-state index in [1.54, 1.807) is 12.1 Å². The van der Waals surface area contributed by atoms with Crippen LogP contribution >= 0.6 is 11.3 Å². The lowest BCUT2D eigenvalue weighted by Crippen LogP contribution is -2.14. The van der Waals surface area contributed by atoms with Gasteiger partial charge in [-0.05, 0) is 43.3 Å². The van der Waals surface area contributed by atoms with Gasteiger partial charge < -0.3 is 14.0 Å². The predicted octanol–water partition coefficient (Wildman–Crippen LogP) is 4.26. The zero-order valence-corrected chi connectivity index (χ0v) is 16.5. The van der Waals surface area contributed by atoms with Crippen LogP contribution in [0.5, 0.6) is 5.75 Å². The maximum absolute atomic E-state index is 12.9. The quantitative estimate of drug-likeness (QED) is 0.425. The van der Waals surface area contributed by atoms with Gasteiger partial charge in [-0.2, -0.15) is 0 Å². The van der Waals surface area contributed by atoms with E-state index < -0.39 is 0 Å². The molecule has 0 amide bonds. The molecule has 0 aliphatic carbocycles. The number of ether oxygens (including phenoxy) is 2. The van der Waals surface area contributed by atoms with Crippen molar-refractivity contribution in [3.63, 3.8) is 0 Å². The van der Waals surface area contributed by atoms with E-state index in [0.717, 1.165) is 21.9 Å². The molecule has 6 nitrogen and oxygen atoms in total. The monoisotopic (exact) mass is 411 g/mol. The van der Waals surface area contributed by atoms with E-state index in [4.69, 9.17) is 9.47 Å². The second-order valence-electron chi connectivity index (χ2n) is 6.37. The summed E-state index contributed by atoms with van der Waals surface area (Å²) in [7, 11) is 0. The van der Waals surface area contributed by atoms with Gasteiger partial charge in [0, 0.05) is 5.38 Å². The highest BCUT2D eigenvalue weighted by Crippen LogP contribution is 2.18. The first-order valence-corrected chi connectivity index (χ1v) is 9.85. The van der Waals surface area contributed by atoms with Crippen LogP contribution in [-0.4, -0.2) is 20.5 Å². The van der Waals surface area contributed by atoms with Gasteiger partial charge in [0.25, 0.3) is 0 Å². The predicted molar refractivity (Wildman–Crippen MR) is 107 cm³/mol. The molecule has 0 N–H and O–H groups in total. The van der Waals surface area contributed by atoms with Crippen molar-refractivity contribution in [1.29, 1.82) is 0 Å². The number of aryl methyl sites for hydroxylation is 1. The Hall–Kier alpha value is -3.26. The lowest BCUT2D eigenvalue weighted by atomic mass is 10.3. The minimum absolute atomic E-state index is 0.0943. The van der Waals surface area contributed by atoms with Crippen LogP contribution in [0, 0.1) is 12.7 Å². The number of nitrogens with zero attached hydrogens (tertiary/aromatic N) is 3. The van der Waals surface area contributed by atoms with E-state index in [1.165, 1.54) is 23.5 Å². The molecule has 0 atom stereocenters. The molecule has 2 aromatic carbocycles. The van der Waals surface area contributed by atoms with Crippen LogP contribution in [0.4, 0.5) is 4.39 Å². The third kappa shape index (κ3) is 4.60. The minimum atomic E-state index is -0.353. The van der Waals surface area contributed by atoms with Crippen molar-refractivity contribution >= 4 is 28.3 Å². The summed E-state index contributed by atoms with van der Waals surface area (Å²) in [6.45, 7) is 2.32. The van der Waals surface area contributed by atoms with Crippen molar-refractivity contribution in [3.8, 4) is 5.75 Å². The zero-order chi connectivity index (χ0) is 20.2. The first-order valence-electron chi connectivity index (χ1n) is 8.97. The van der Waals surface area contributed by atoms with Gasteiger partial charge in [0.15, 0.2) is 0 Å². The molecule has 0 unspecified atom stereocenters. The van der Waals surface area contributed by atoms with Crippen molar-refractivity contribution in [3.05, 3.63) is 76.3 Å². The van der Waals surface area contributed by atoms with Crippen molar-refractivity contribution in [2.24, 2.45) is 0 Å². The fourth-order valence-corrected chi connectivity index (χ4v) is 3.57. The lowest BCUT2D eigenvalue weighted by molar-refractivity contribution is -0.145. The lowest BCUT2D eigenvalue weighted by Gasteiger charge is -2.07. The smallest absolute Gasteiger partial charge is 0.326 e. The Balaban J connectivity index is 1.30. The number of benzene rings is 2. The average Bonchev–Trinajstić information content (AvgIpc) is 3.30. The molecule has 4 aromatic rings. The summed E-state index contributed by atoms with van der Waals surface area (Å²) < 4.78 is 25.7. The van der Waals surface area contributed by atoms with Gasteiger partial charge in [-0.15, -0.1) is 11.3 Å². The molecule has 0 bridgehead atoms. The summed E-state index contributed by atoms with van der Waals surface area (Å²) in [5.74, 6) is 0.664. The average molecular weight is 411 g/mol. The molecule has 8 heteroatoms. The van der Waals surface area contributed by atoms with E-state index in [9.17, 15) is 9.18 Å². The summed E-state index contributed by atoms with van der Waals surface area (Å²) in [6, 6.07) is 13.5. The van der Waals surface area contributed by atoms with Gasteiger partial charge >= 0.3 is 5.97 Å². The molecular weight excluding hydrogens is 393 g/mol. The number of halogens is 1. The second-order valence-corrected chi connectivity index (χ2v) is 7.31. The van der Waals surface area contributed by atoms with Gasteiger partial charge in [0.2, 0.25) is 0 Å². The minimum Gasteiger partial charge on any atom is -0.486 e. The van der Waals surface area contributed by atoms with Gasteiger partial charge in [-0.3, -0.25) is 4.79 Å². The van der Waals surface area contributed by atoms with Crippen molar-refractivity contribution < 1.29 is 18.7 Å². The molecule has 0 fully saturated rings. The first kappa shape index (κ1) is 19.1. The van der Waals surface area contributed by atoms with E-state index in [2.05, 4.69) is 9.97 Å². The highest BCUT2D eigenvalue weighted by molar-refractivity contribution is 7.09. The normalized spacial score (nSPS) is 11.0. The molecule has 148 valence electrons. The number of hydrogen-bond donors (Lipinski definition) is 0. The Morgan fingerprint density at radius 1 is 1.10 bits per heavy atom. The van der Waals surface area contributed by atoms with Crippen LogP contribution in [0.3, 0.4) is 0 Å². The number of carbonyl (C=O) groups excluding carboxylic acids is 1. The fourth-order valence-electron chi connectivity index (χ4n) is 2.88. The van der Waals surface area contributed by atoms with Crippen molar-refractivity contribution in [2.75, 3.05) is 0 Å². The maximum Gasteiger partial charge on any atom is 0.326 e. The van der Waals surface area contributed by atoms with Crippen LogP contribution in [0.25, 0.3) is 11.0 Å². The van der Waals surface area contributed by atoms with Crippen molar-refractivity contribution in [1.82, 2.24) is 14.5 Å². The summed E-state index contributed by atoms with van der Waals surface area (Å²) in [6.07, 6.45) is 0. The molecule has 0 spiro atoms. The summed E-state index contributed by atoms with van der Waals surface area (Å²) in [4.78, 5) is 21.1. The third-order valence-corrected chi connectivity index (χ3v) is 5.16. The number of para-hydroxylation sites is 2. The molecular formula is C21H18FN3O3S. The SMILES string of the molecule is Cc1nc2ccccc2n1CC(=O)OCc1csc(COc2ccc(F)cc2)n1. The Morgan fingerprint density at radius 2 is 1.90 bits per heavy atom. The number of thiazole rings is 1. The van der Waals surface area contributed by atoms with Crippen molar-refractivity contribution in [2.45, 2.75) is 26.7 Å². The number of carbonyl (C=O) groups is 1. The fraction of sp³-hybridized carbons (Fsp3) is 0.190. The Labute approximate surface area is 170 Å². The van der Waals surface area contributed by atoms with Crippen LogP contribution in [0.15, 0.2) is 53.9 Å². The van der Waals surface area contributed by atoms with Gasteiger partial charge in [-0.1, -0.05) is 12.1 Å². The Bertz CT molecular complexity index is 1140. The van der Waals surface area contributed by atoms with E-state index >= 15 is 0 Å². The summed E-state index contributed by atoms with van der Waals surface area (Å²) in [5, 5.41) is 2.57. The highest BCUT2D eigenvalue weighted by Gasteiger charge is 2.12. The largest absolute Gasteiger partial charge is 0.486 e. The van der Waals surface area contributed by atoms with E-state index in [-0.39, 0.29) is 31.5 Å². The molecule has 29 heavy (non-hydrogen) atoms. The molecule has 0 aliphatic rings. The number of fused-ring (bicyclic) bond motifs is 1. The third-order valence-electron chi connectivity index (χ3n) is 4.29. The topological polar surface area (TPSA) is 66.2 Å². The van der Waals surface area contributed by atoms with Crippen LogP contribution in [-0.2, 0) is 29.3 Å². The Kier molecular flexibility index (Phi) is 5.53. The molecule has 0 radical (unpaired) electrons. The number of imidazole rings is 1. The molecule has 0 aliphatic heterocycles. The number of hydrogen-bond acceptors (Lipinski definition) is 6. The number of aromatic nitrogens is 3. The van der Waals surface area contributed by atoms with Gasteiger partial charge in [0.1, 0.15) is 42.2 Å². The Morgan fingerprint density at radius 3 is 2.72 bits per heavy atom. The second kappa shape index (κ2) is 8.40. The number of rotatable bonds is 7. The van der Waals surface area contributed by atoms with Crippen LogP contribution < -0.4 is 4.74 Å². The molecule has 0 saturated carbocycles. The first-order chi connectivity index (χ1) is 14.1. The molecule has 2 heterocycles. The van der Waals surface area contributed by atoms with E-state index in [1.807, 2.05) is 41.1 Å². The zero-order valence-electron chi connectivity index (χ0n) is 15.7. The molecule has 4 rings (SSSR count). The van der Waals surface area contributed by atoms with Crippen LogP contribution in [0.1, 0.15) is 16.5 Å². The van der Waals surface area contributed by atoms with E-state index in [0.29, 0.717) is 11.4 Å². The summed E-state index contributed by atoms with van der Waals surface area (Å²) in [5.41, 5.74) is 2.41.